The molecule has 2 N–H and O–H groups in total. The smallest absolute Gasteiger partial charge is 0.255 e. The van der Waals surface area contributed by atoms with Crippen LogP contribution in [0.2, 0.25) is 0 Å². The number of ether oxygens (including phenoxy) is 1. The van der Waals surface area contributed by atoms with Gasteiger partial charge < -0.3 is 15.4 Å². The van der Waals surface area contributed by atoms with Crippen molar-refractivity contribution in [2.75, 3.05) is 13.7 Å². The average molecular weight is 421 g/mol. The number of nitrogens with two attached hydrogens (primary N) is 1. The fourth-order valence-electron chi connectivity index (χ4n) is 4.76. The SMILES string of the molecule is CCN1C(=O)C2C(C1=O)C(c1ccccc1)N(C(=O)c1cccc(OC)c1)C2C(N)=O. The van der Waals surface area contributed by atoms with Crippen molar-refractivity contribution in [2.24, 2.45) is 17.6 Å². The number of primary amides is 1. The van der Waals surface area contributed by atoms with Gasteiger partial charge in [-0.2, -0.15) is 0 Å². The molecule has 4 unspecified atom stereocenters. The normalized spacial score (nSPS) is 25.0. The fourth-order valence-corrected chi connectivity index (χ4v) is 4.76. The third kappa shape index (κ3) is 3.15. The molecule has 2 fully saturated rings. The molecule has 4 amide bonds. The number of likely N-dealkylation sites (tertiary alicyclic amines) is 2. The van der Waals surface area contributed by atoms with Gasteiger partial charge >= 0.3 is 0 Å². The van der Waals surface area contributed by atoms with Crippen LogP contribution in [0.4, 0.5) is 0 Å². The molecule has 0 aliphatic carbocycles. The molecular weight excluding hydrogens is 398 g/mol. The minimum Gasteiger partial charge on any atom is -0.497 e. The molecule has 2 heterocycles. The highest BCUT2D eigenvalue weighted by atomic mass is 16.5. The van der Waals surface area contributed by atoms with E-state index in [-0.39, 0.29) is 12.1 Å². The Hall–Kier alpha value is -3.68. The topological polar surface area (TPSA) is 110 Å². The van der Waals surface area contributed by atoms with Crippen LogP contribution in [0.1, 0.15) is 28.9 Å². The summed E-state index contributed by atoms with van der Waals surface area (Å²) in [5, 5.41) is 0. The highest BCUT2D eigenvalue weighted by Crippen LogP contribution is 2.50. The zero-order valence-corrected chi connectivity index (χ0v) is 17.2. The van der Waals surface area contributed by atoms with E-state index in [9.17, 15) is 19.2 Å². The van der Waals surface area contributed by atoms with Crippen LogP contribution < -0.4 is 10.5 Å². The number of hydrogen-bond acceptors (Lipinski definition) is 5. The molecule has 4 atom stereocenters. The number of nitrogens with zero attached hydrogens (tertiary/aromatic N) is 2. The largest absolute Gasteiger partial charge is 0.497 e. The molecule has 8 nitrogen and oxygen atoms in total. The summed E-state index contributed by atoms with van der Waals surface area (Å²) < 4.78 is 5.21. The number of carbonyl (C=O) groups excluding carboxylic acids is 4. The lowest BCUT2D eigenvalue weighted by Crippen LogP contribution is -2.50. The number of fused-ring (bicyclic) bond motifs is 1. The highest BCUT2D eigenvalue weighted by molar-refractivity contribution is 6.11. The van der Waals surface area contributed by atoms with Crippen LogP contribution in [-0.2, 0) is 14.4 Å². The Morgan fingerprint density at radius 2 is 1.68 bits per heavy atom. The Morgan fingerprint density at radius 3 is 2.29 bits per heavy atom. The summed E-state index contributed by atoms with van der Waals surface area (Å²) in [5.74, 6) is -3.58. The monoisotopic (exact) mass is 421 g/mol. The van der Waals surface area contributed by atoms with Crippen LogP contribution in [0.3, 0.4) is 0 Å². The minimum absolute atomic E-state index is 0.196. The Balaban J connectivity index is 1.88. The van der Waals surface area contributed by atoms with E-state index in [1.165, 1.54) is 12.0 Å². The first-order chi connectivity index (χ1) is 14.9. The Kier molecular flexibility index (Phi) is 5.22. The molecule has 0 saturated carbocycles. The third-order valence-corrected chi connectivity index (χ3v) is 6.07. The Morgan fingerprint density at radius 1 is 1.00 bits per heavy atom. The molecule has 31 heavy (non-hydrogen) atoms. The number of benzene rings is 2. The molecule has 2 aromatic rings. The lowest BCUT2D eigenvalue weighted by Gasteiger charge is -2.32. The number of imide groups is 1. The molecule has 2 aliphatic rings. The van der Waals surface area contributed by atoms with Crippen molar-refractivity contribution in [3.8, 4) is 5.75 Å². The maximum Gasteiger partial charge on any atom is 0.255 e. The average Bonchev–Trinajstić information content (AvgIpc) is 3.26. The summed E-state index contributed by atoms with van der Waals surface area (Å²) in [7, 11) is 1.49. The zero-order valence-electron chi connectivity index (χ0n) is 17.2. The molecule has 160 valence electrons. The molecule has 8 heteroatoms. The van der Waals surface area contributed by atoms with Gasteiger partial charge in [0, 0.05) is 12.1 Å². The number of rotatable bonds is 5. The van der Waals surface area contributed by atoms with Crippen LogP contribution in [0.15, 0.2) is 54.6 Å². The second-order valence-electron chi connectivity index (χ2n) is 7.62. The van der Waals surface area contributed by atoms with Gasteiger partial charge in [-0.05, 0) is 30.7 Å². The lowest BCUT2D eigenvalue weighted by molar-refractivity contribution is -0.142. The van der Waals surface area contributed by atoms with E-state index in [1.54, 1.807) is 55.5 Å². The molecule has 0 aromatic heterocycles. The Bertz CT molecular complexity index is 1050. The van der Waals surface area contributed by atoms with Crippen molar-refractivity contribution < 1.29 is 23.9 Å². The van der Waals surface area contributed by atoms with Gasteiger partial charge in [0.25, 0.3) is 5.91 Å². The highest BCUT2D eigenvalue weighted by Gasteiger charge is 2.64. The van der Waals surface area contributed by atoms with Gasteiger partial charge in [0.15, 0.2) is 0 Å². The molecule has 4 rings (SSSR count). The molecule has 2 aromatic carbocycles. The van der Waals surface area contributed by atoms with Crippen molar-refractivity contribution in [3.63, 3.8) is 0 Å². The van der Waals surface area contributed by atoms with Gasteiger partial charge in [0.1, 0.15) is 11.8 Å². The van der Waals surface area contributed by atoms with Crippen LogP contribution in [-0.4, -0.2) is 53.1 Å². The summed E-state index contributed by atoms with van der Waals surface area (Å²) >= 11 is 0. The quantitative estimate of drug-likeness (QED) is 0.733. The number of carbonyl (C=O) groups is 4. The second kappa shape index (κ2) is 7.86. The van der Waals surface area contributed by atoms with Gasteiger partial charge in [0.2, 0.25) is 17.7 Å². The second-order valence-corrected chi connectivity index (χ2v) is 7.62. The number of methoxy groups -OCH3 is 1. The summed E-state index contributed by atoms with van der Waals surface area (Å²) in [6.07, 6.45) is 0. The van der Waals surface area contributed by atoms with E-state index in [0.717, 1.165) is 4.90 Å². The van der Waals surface area contributed by atoms with E-state index in [0.29, 0.717) is 11.3 Å². The predicted octanol–water partition coefficient (Wildman–Crippen LogP) is 1.37. The molecule has 2 aliphatic heterocycles. The van der Waals surface area contributed by atoms with Crippen molar-refractivity contribution in [2.45, 2.75) is 19.0 Å². The van der Waals surface area contributed by atoms with Crippen LogP contribution in [0.5, 0.6) is 5.75 Å². The summed E-state index contributed by atoms with van der Waals surface area (Å²) in [6, 6.07) is 13.4. The molecule has 0 bridgehead atoms. The third-order valence-electron chi connectivity index (χ3n) is 6.07. The molecule has 0 spiro atoms. The summed E-state index contributed by atoms with van der Waals surface area (Å²) in [5.41, 5.74) is 6.65. The minimum atomic E-state index is -1.23. The van der Waals surface area contributed by atoms with Gasteiger partial charge in [0.05, 0.1) is 25.0 Å². The predicted molar refractivity (Wildman–Crippen MR) is 111 cm³/mol. The maximum absolute atomic E-state index is 13.6. The molecule has 0 radical (unpaired) electrons. The molecule has 2 saturated heterocycles. The first kappa shape index (κ1) is 20.6. The van der Waals surface area contributed by atoms with E-state index in [1.807, 2.05) is 6.07 Å². The van der Waals surface area contributed by atoms with Crippen LogP contribution >= 0.6 is 0 Å². The van der Waals surface area contributed by atoms with Crippen molar-refractivity contribution in [1.29, 1.82) is 0 Å². The summed E-state index contributed by atoms with van der Waals surface area (Å²) in [4.78, 5) is 54.9. The van der Waals surface area contributed by atoms with E-state index < -0.39 is 47.5 Å². The Labute approximate surface area is 179 Å². The standard InChI is InChI=1S/C23H23N3O5/c1-3-25-22(29)16-17(23(25)30)19(20(24)27)26(18(16)13-8-5-4-6-9-13)21(28)14-10-7-11-15(12-14)31-2/h4-12,16-19H,3H2,1-2H3,(H2,24,27). The summed E-state index contributed by atoms with van der Waals surface area (Å²) in [6.45, 7) is 1.90. The van der Waals surface area contributed by atoms with Gasteiger partial charge in [-0.15, -0.1) is 0 Å². The van der Waals surface area contributed by atoms with Crippen LogP contribution in [0.25, 0.3) is 0 Å². The fraction of sp³-hybridized carbons (Fsp3) is 0.304. The van der Waals surface area contributed by atoms with E-state index in [4.69, 9.17) is 10.5 Å². The van der Waals surface area contributed by atoms with E-state index in [2.05, 4.69) is 0 Å². The lowest BCUT2D eigenvalue weighted by atomic mass is 9.86. The van der Waals surface area contributed by atoms with E-state index >= 15 is 0 Å². The van der Waals surface area contributed by atoms with Gasteiger partial charge in [-0.25, -0.2) is 0 Å². The van der Waals surface area contributed by atoms with Crippen molar-refractivity contribution in [1.82, 2.24) is 9.80 Å². The number of hydrogen-bond donors (Lipinski definition) is 1. The molecular formula is C23H23N3O5. The maximum atomic E-state index is 13.6. The first-order valence-corrected chi connectivity index (χ1v) is 10.1. The zero-order chi connectivity index (χ0) is 22.3. The van der Waals surface area contributed by atoms with Crippen molar-refractivity contribution in [3.05, 3.63) is 65.7 Å². The van der Waals surface area contributed by atoms with Gasteiger partial charge in [-0.3, -0.25) is 24.1 Å². The van der Waals surface area contributed by atoms with Crippen molar-refractivity contribution >= 4 is 23.6 Å². The van der Waals surface area contributed by atoms with Crippen LogP contribution in [0, 0.1) is 11.8 Å². The number of amides is 4. The first-order valence-electron chi connectivity index (χ1n) is 10.1. The van der Waals surface area contributed by atoms with Gasteiger partial charge in [-0.1, -0.05) is 36.4 Å².